The first kappa shape index (κ1) is 11.4. The second-order valence-corrected chi connectivity index (χ2v) is 3.58. The molecule has 1 unspecified atom stereocenters. The lowest BCUT2D eigenvalue weighted by atomic mass is 10.4. The quantitative estimate of drug-likeness (QED) is 0.595. The van der Waals surface area contributed by atoms with E-state index in [1.165, 1.54) is 0 Å². The summed E-state index contributed by atoms with van der Waals surface area (Å²) in [5.41, 5.74) is 0. The minimum Gasteiger partial charge on any atom is -0.462 e. The Kier molecular flexibility index (Phi) is 4.31. The zero-order valence-electron chi connectivity index (χ0n) is 8.86. The molecule has 5 nitrogen and oxygen atoms in total. The smallest absolute Gasteiger partial charge is 0.320 e. The highest BCUT2D eigenvalue weighted by molar-refractivity contribution is 5.71. The van der Waals surface area contributed by atoms with Crippen LogP contribution < -0.4 is 0 Å². The zero-order chi connectivity index (χ0) is 10.6. The van der Waals surface area contributed by atoms with Gasteiger partial charge in [0.25, 0.3) is 0 Å². The number of carbonyl (C=O) groups excluding carboxylic acids is 1. The first-order valence-electron chi connectivity index (χ1n) is 4.65. The van der Waals surface area contributed by atoms with E-state index in [-0.39, 0.29) is 25.0 Å². The van der Waals surface area contributed by atoms with Crippen molar-refractivity contribution in [2.24, 2.45) is 0 Å². The summed E-state index contributed by atoms with van der Waals surface area (Å²) in [7, 11) is 3.64. The maximum absolute atomic E-state index is 11.1. The largest absolute Gasteiger partial charge is 0.462 e. The van der Waals surface area contributed by atoms with E-state index in [0.717, 1.165) is 0 Å². The first-order chi connectivity index (χ1) is 6.58. The third-order valence-corrected chi connectivity index (χ3v) is 1.78. The van der Waals surface area contributed by atoms with E-state index in [1.807, 2.05) is 21.0 Å². The van der Waals surface area contributed by atoms with Crippen molar-refractivity contribution < 1.29 is 19.0 Å². The van der Waals surface area contributed by atoms with Crippen molar-refractivity contribution in [1.29, 1.82) is 0 Å². The monoisotopic (exact) mass is 203 g/mol. The number of nitrogens with zero attached hydrogens (tertiary/aromatic N) is 1. The van der Waals surface area contributed by atoms with E-state index < -0.39 is 0 Å². The third-order valence-electron chi connectivity index (χ3n) is 1.78. The van der Waals surface area contributed by atoms with E-state index in [2.05, 4.69) is 0 Å². The molecule has 1 heterocycles. The second-order valence-electron chi connectivity index (χ2n) is 3.58. The highest BCUT2D eigenvalue weighted by Crippen LogP contribution is 2.10. The molecule has 1 aliphatic rings. The Balaban J connectivity index is 2.11. The number of hydrogen-bond acceptors (Lipinski definition) is 5. The molecule has 0 aromatic rings. The Morgan fingerprint density at radius 3 is 2.79 bits per heavy atom. The van der Waals surface area contributed by atoms with Crippen molar-refractivity contribution in [1.82, 2.24) is 4.90 Å². The number of hydrogen-bond donors (Lipinski definition) is 0. The van der Waals surface area contributed by atoms with Crippen LogP contribution in [0.4, 0.5) is 0 Å². The van der Waals surface area contributed by atoms with Gasteiger partial charge in [-0.15, -0.1) is 0 Å². The Morgan fingerprint density at radius 2 is 2.29 bits per heavy atom. The fourth-order valence-electron chi connectivity index (χ4n) is 1.17. The normalized spacial score (nSPS) is 26.9. The standard InChI is InChI=1S/C9H17NO4/c1-7-12-5-8(14-7)6-13-9(11)4-10(2)3/h7-8H,4-6H2,1-3H3/t7-,8?/m1/s1. The summed E-state index contributed by atoms with van der Waals surface area (Å²) in [6, 6.07) is 0. The summed E-state index contributed by atoms with van der Waals surface area (Å²) in [6.07, 6.45) is -0.302. The van der Waals surface area contributed by atoms with Crippen LogP contribution in [0.2, 0.25) is 0 Å². The van der Waals surface area contributed by atoms with Gasteiger partial charge in [-0.2, -0.15) is 0 Å². The molecular weight excluding hydrogens is 186 g/mol. The van der Waals surface area contributed by atoms with Gasteiger partial charge >= 0.3 is 5.97 Å². The van der Waals surface area contributed by atoms with Crippen molar-refractivity contribution in [3.63, 3.8) is 0 Å². The summed E-state index contributed by atoms with van der Waals surface area (Å²) < 4.78 is 15.5. The van der Waals surface area contributed by atoms with Crippen LogP contribution in [0.15, 0.2) is 0 Å². The summed E-state index contributed by atoms with van der Waals surface area (Å²) in [5.74, 6) is -0.238. The molecule has 1 saturated heterocycles. The lowest BCUT2D eigenvalue weighted by Gasteiger charge is -2.12. The van der Waals surface area contributed by atoms with Crippen molar-refractivity contribution >= 4 is 5.97 Å². The maximum Gasteiger partial charge on any atom is 0.320 e. The van der Waals surface area contributed by atoms with E-state index in [0.29, 0.717) is 13.2 Å². The van der Waals surface area contributed by atoms with Crippen molar-refractivity contribution in [3.8, 4) is 0 Å². The molecule has 0 aromatic carbocycles. The maximum atomic E-state index is 11.1. The van der Waals surface area contributed by atoms with Crippen LogP contribution >= 0.6 is 0 Å². The molecule has 1 rings (SSSR count). The third kappa shape index (κ3) is 4.04. The van der Waals surface area contributed by atoms with Gasteiger partial charge in [-0.05, 0) is 21.0 Å². The Morgan fingerprint density at radius 1 is 1.57 bits per heavy atom. The topological polar surface area (TPSA) is 48.0 Å². The Hall–Kier alpha value is -0.650. The molecule has 0 N–H and O–H groups in total. The molecule has 5 heteroatoms. The summed E-state index contributed by atoms with van der Waals surface area (Å²) in [4.78, 5) is 12.9. The van der Waals surface area contributed by atoms with Gasteiger partial charge in [0.1, 0.15) is 12.7 Å². The minimum absolute atomic E-state index is 0.115. The number of ether oxygens (including phenoxy) is 3. The van der Waals surface area contributed by atoms with Crippen LogP contribution in [0.3, 0.4) is 0 Å². The predicted molar refractivity (Wildman–Crippen MR) is 49.8 cm³/mol. The summed E-state index contributed by atoms with van der Waals surface area (Å²) in [5, 5.41) is 0. The fourth-order valence-corrected chi connectivity index (χ4v) is 1.17. The molecule has 0 radical (unpaired) electrons. The predicted octanol–water partition coefficient (Wildman–Crippen LogP) is -0.147. The van der Waals surface area contributed by atoms with Gasteiger partial charge < -0.3 is 14.2 Å². The molecule has 0 bridgehead atoms. The van der Waals surface area contributed by atoms with E-state index in [1.54, 1.807) is 4.90 Å². The fraction of sp³-hybridized carbons (Fsp3) is 0.889. The van der Waals surface area contributed by atoms with Gasteiger partial charge in [0.15, 0.2) is 6.29 Å². The number of likely N-dealkylation sites (N-methyl/N-ethyl adjacent to an activating group) is 1. The number of carbonyl (C=O) groups is 1. The van der Waals surface area contributed by atoms with Crippen LogP contribution in [0.25, 0.3) is 0 Å². The molecule has 0 amide bonds. The number of esters is 1. The molecular formula is C9H17NO4. The molecule has 1 fully saturated rings. The first-order valence-corrected chi connectivity index (χ1v) is 4.65. The molecule has 14 heavy (non-hydrogen) atoms. The molecule has 0 saturated carbocycles. The van der Waals surface area contributed by atoms with Gasteiger partial charge in [-0.1, -0.05) is 0 Å². The molecule has 0 aromatic heterocycles. The van der Waals surface area contributed by atoms with Crippen LogP contribution in [0.5, 0.6) is 0 Å². The van der Waals surface area contributed by atoms with E-state index in [4.69, 9.17) is 14.2 Å². The molecule has 2 atom stereocenters. The van der Waals surface area contributed by atoms with Crippen LogP contribution in [-0.2, 0) is 19.0 Å². The lowest BCUT2D eigenvalue weighted by Crippen LogP contribution is -2.27. The minimum atomic E-state index is -0.238. The van der Waals surface area contributed by atoms with Crippen molar-refractivity contribution in [3.05, 3.63) is 0 Å². The average molecular weight is 203 g/mol. The highest BCUT2D eigenvalue weighted by Gasteiger charge is 2.23. The van der Waals surface area contributed by atoms with Crippen molar-refractivity contribution in [2.75, 3.05) is 33.9 Å². The van der Waals surface area contributed by atoms with E-state index in [9.17, 15) is 4.79 Å². The van der Waals surface area contributed by atoms with Gasteiger partial charge in [0.05, 0.1) is 13.2 Å². The van der Waals surface area contributed by atoms with Crippen LogP contribution in [-0.4, -0.2) is 57.1 Å². The molecule has 82 valence electrons. The van der Waals surface area contributed by atoms with E-state index >= 15 is 0 Å². The average Bonchev–Trinajstić information content (AvgIpc) is 2.47. The Bertz CT molecular complexity index is 195. The molecule has 0 aliphatic carbocycles. The van der Waals surface area contributed by atoms with Gasteiger partial charge in [-0.25, -0.2) is 0 Å². The van der Waals surface area contributed by atoms with Crippen LogP contribution in [0, 0.1) is 0 Å². The Labute approximate surface area is 83.9 Å². The summed E-state index contributed by atoms with van der Waals surface area (Å²) in [6.45, 7) is 2.89. The van der Waals surface area contributed by atoms with Crippen LogP contribution in [0.1, 0.15) is 6.92 Å². The van der Waals surface area contributed by atoms with Gasteiger partial charge in [0.2, 0.25) is 0 Å². The zero-order valence-corrected chi connectivity index (χ0v) is 8.86. The SMILES string of the molecule is C[C@@H]1OCC(COC(=O)CN(C)C)O1. The molecule has 1 aliphatic heterocycles. The summed E-state index contributed by atoms with van der Waals surface area (Å²) >= 11 is 0. The van der Waals surface area contributed by atoms with Crippen molar-refractivity contribution in [2.45, 2.75) is 19.3 Å². The number of rotatable bonds is 4. The van der Waals surface area contributed by atoms with Gasteiger partial charge in [0, 0.05) is 0 Å². The van der Waals surface area contributed by atoms with Gasteiger partial charge in [-0.3, -0.25) is 9.69 Å². The second kappa shape index (κ2) is 5.29. The highest BCUT2D eigenvalue weighted by atomic mass is 16.7. The molecule has 0 spiro atoms. The lowest BCUT2D eigenvalue weighted by molar-refractivity contribution is -0.148.